The van der Waals surface area contributed by atoms with Crippen LogP contribution in [0.4, 0.5) is 5.69 Å². The molecule has 1 aromatic carbocycles. The standard InChI is InChI=1S/C15H25NO3S/c1-5-19-11-14(12(3)4)16-13-9-7-8-10-15(13)20(17,18)6-2/h7-10,12,14,16H,5-6,11H2,1-4H3. The Hall–Kier alpha value is -1.07. The lowest BCUT2D eigenvalue weighted by Gasteiger charge is -2.24. The molecule has 0 saturated carbocycles. The second kappa shape index (κ2) is 7.64. The molecule has 0 aliphatic heterocycles. The molecule has 1 N–H and O–H groups in total. The number of ether oxygens (including phenoxy) is 1. The maximum atomic E-state index is 12.1. The molecule has 0 aliphatic carbocycles. The first-order valence-corrected chi connectivity index (χ1v) is 8.73. The average Bonchev–Trinajstić information content (AvgIpc) is 2.43. The normalized spacial score (nSPS) is 13.4. The van der Waals surface area contributed by atoms with Gasteiger partial charge in [0.2, 0.25) is 0 Å². The highest BCUT2D eigenvalue weighted by molar-refractivity contribution is 7.91. The third-order valence-electron chi connectivity index (χ3n) is 3.25. The van der Waals surface area contributed by atoms with Crippen molar-refractivity contribution in [2.75, 3.05) is 24.3 Å². The maximum absolute atomic E-state index is 12.1. The molecule has 0 amide bonds. The molecule has 1 rings (SSSR count). The smallest absolute Gasteiger partial charge is 0.180 e. The predicted octanol–water partition coefficient (Wildman–Crippen LogP) is 2.95. The fourth-order valence-corrected chi connectivity index (χ4v) is 2.92. The minimum atomic E-state index is -3.22. The van der Waals surface area contributed by atoms with E-state index in [9.17, 15) is 8.42 Å². The van der Waals surface area contributed by atoms with E-state index < -0.39 is 9.84 Å². The number of sulfone groups is 1. The fraction of sp³-hybridized carbons (Fsp3) is 0.600. The first kappa shape index (κ1) is 17.0. The van der Waals surface area contributed by atoms with Crippen LogP contribution >= 0.6 is 0 Å². The van der Waals surface area contributed by atoms with Gasteiger partial charge in [-0.1, -0.05) is 32.9 Å². The molecule has 0 spiro atoms. The molecule has 0 heterocycles. The monoisotopic (exact) mass is 299 g/mol. The topological polar surface area (TPSA) is 55.4 Å². The summed E-state index contributed by atoms with van der Waals surface area (Å²) < 4.78 is 29.7. The van der Waals surface area contributed by atoms with Crippen LogP contribution in [0.2, 0.25) is 0 Å². The number of benzene rings is 1. The Kier molecular flexibility index (Phi) is 6.49. The molecule has 0 fully saturated rings. The van der Waals surface area contributed by atoms with E-state index in [-0.39, 0.29) is 11.8 Å². The first-order valence-electron chi connectivity index (χ1n) is 7.08. The quantitative estimate of drug-likeness (QED) is 0.802. The second-order valence-corrected chi connectivity index (χ2v) is 7.30. The molecule has 0 aliphatic rings. The van der Waals surface area contributed by atoms with Crippen molar-refractivity contribution in [2.45, 2.75) is 38.6 Å². The third kappa shape index (κ3) is 4.49. The number of para-hydroxylation sites is 1. The van der Waals surface area contributed by atoms with E-state index in [0.29, 0.717) is 29.7 Å². The van der Waals surface area contributed by atoms with Gasteiger partial charge in [-0.15, -0.1) is 0 Å². The number of rotatable bonds is 8. The summed E-state index contributed by atoms with van der Waals surface area (Å²) in [4.78, 5) is 0.365. The van der Waals surface area contributed by atoms with E-state index in [4.69, 9.17) is 4.74 Å². The van der Waals surface area contributed by atoms with Crippen molar-refractivity contribution >= 4 is 15.5 Å². The van der Waals surface area contributed by atoms with Crippen molar-refractivity contribution in [3.63, 3.8) is 0 Å². The Balaban J connectivity index is 3.01. The lowest BCUT2D eigenvalue weighted by atomic mass is 10.1. The van der Waals surface area contributed by atoms with Crippen LogP contribution in [0.25, 0.3) is 0 Å². The second-order valence-electron chi connectivity index (χ2n) is 5.05. The number of hydrogen-bond acceptors (Lipinski definition) is 4. The van der Waals surface area contributed by atoms with Gasteiger partial charge in [0, 0.05) is 6.61 Å². The zero-order valence-electron chi connectivity index (χ0n) is 12.7. The number of anilines is 1. The van der Waals surface area contributed by atoms with E-state index in [1.54, 1.807) is 19.1 Å². The minimum absolute atomic E-state index is 0.0863. The molecule has 20 heavy (non-hydrogen) atoms. The summed E-state index contributed by atoms with van der Waals surface area (Å²) in [7, 11) is -3.22. The van der Waals surface area contributed by atoms with Crippen LogP contribution in [0.5, 0.6) is 0 Å². The molecule has 0 bridgehead atoms. The summed E-state index contributed by atoms with van der Waals surface area (Å²) in [6.45, 7) is 9.01. The summed E-state index contributed by atoms with van der Waals surface area (Å²) in [5.74, 6) is 0.447. The van der Waals surface area contributed by atoms with Gasteiger partial charge in [-0.3, -0.25) is 0 Å². The Morgan fingerprint density at radius 2 is 1.85 bits per heavy atom. The summed E-state index contributed by atoms with van der Waals surface area (Å²) in [6.07, 6.45) is 0. The van der Waals surface area contributed by atoms with Gasteiger partial charge in [0.05, 0.1) is 29.0 Å². The van der Waals surface area contributed by atoms with Crippen LogP contribution < -0.4 is 5.32 Å². The van der Waals surface area contributed by atoms with Gasteiger partial charge in [0.1, 0.15) is 0 Å². The van der Waals surface area contributed by atoms with Gasteiger partial charge < -0.3 is 10.1 Å². The van der Waals surface area contributed by atoms with Crippen molar-refractivity contribution in [1.29, 1.82) is 0 Å². The van der Waals surface area contributed by atoms with Crippen LogP contribution in [0.15, 0.2) is 29.2 Å². The van der Waals surface area contributed by atoms with E-state index in [1.807, 2.05) is 19.1 Å². The van der Waals surface area contributed by atoms with Gasteiger partial charge in [-0.2, -0.15) is 0 Å². The largest absolute Gasteiger partial charge is 0.380 e. The van der Waals surface area contributed by atoms with Crippen LogP contribution in [-0.2, 0) is 14.6 Å². The summed E-state index contributed by atoms with van der Waals surface area (Å²) in [5, 5.41) is 3.32. The molecular formula is C15H25NO3S. The molecule has 114 valence electrons. The average molecular weight is 299 g/mol. The Morgan fingerprint density at radius 1 is 1.20 bits per heavy atom. The van der Waals surface area contributed by atoms with E-state index in [1.165, 1.54) is 0 Å². The van der Waals surface area contributed by atoms with E-state index >= 15 is 0 Å². The highest BCUT2D eigenvalue weighted by Gasteiger charge is 2.20. The highest BCUT2D eigenvalue weighted by atomic mass is 32.2. The highest BCUT2D eigenvalue weighted by Crippen LogP contribution is 2.24. The van der Waals surface area contributed by atoms with Crippen molar-refractivity contribution in [2.24, 2.45) is 5.92 Å². The molecule has 1 unspecified atom stereocenters. The molecule has 0 aromatic heterocycles. The molecular weight excluding hydrogens is 274 g/mol. The lowest BCUT2D eigenvalue weighted by Crippen LogP contribution is -2.31. The maximum Gasteiger partial charge on any atom is 0.180 e. The Labute approximate surface area is 122 Å². The Bertz CT molecular complexity index is 512. The Morgan fingerprint density at radius 3 is 2.40 bits per heavy atom. The van der Waals surface area contributed by atoms with Gasteiger partial charge in [0.15, 0.2) is 9.84 Å². The van der Waals surface area contributed by atoms with Crippen molar-refractivity contribution in [3.8, 4) is 0 Å². The lowest BCUT2D eigenvalue weighted by molar-refractivity contribution is 0.126. The summed E-state index contributed by atoms with van der Waals surface area (Å²) in [5.41, 5.74) is 0.660. The van der Waals surface area contributed by atoms with Crippen LogP contribution in [-0.4, -0.2) is 33.4 Å². The van der Waals surface area contributed by atoms with Crippen molar-refractivity contribution < 1.29 is 13.2 Å². The van der Waals surface area contributed by atoms with Crippen LogP contribution in [0.1, 0.15) is 27.7 Å². The molecule has 1 atom stereocenters. The SMILES string of the molecule is CCOCC(Nc1ccccc1S(=O)(=O)CC)C(C)C. The van der Waals surface area contributed by atoms with Gasteiger partial charge in [-0.05, 0) is 25.0 Å². The number of hydrogen-bond donors (Lipinski definition) is 1. The summed E-state index contributed by atoms with van der Waals surface area (Å²) >= 11 is 0. The van der Waals surface area contributed by atoms with Crippen molar-refractivity contribution in [3.05, 3.63) is 24.3 Å². The van der Waals surface area contributed by atoms with Gasteiger partial charge in [0.25, 0.3) is 0 Å². The zero-order chi connectivity index (χ0) is 15.2. The van der Waals surface area contributed by atoms with Crippen LogP contribution in [0, 0.1) is 5.92 Å². The third-order valence-corrected chi connectivity index (χ3v) is 5.04. The molecule has 1 aromatic rings. The fourth-order valence-electron chi connectivity index (χ4n) is 1.86. The van der Waals surface area contributed by atoms with Gasteiger partial charge >= 0.3 is 0 Å². The van der Waals surface area contributed by atoms with E-state index in [2.05, 4.69) is 19.2 Å². The predicted molar refractivity (Wildman–Crippen MR) is 82.9 cm³/mol. The first-order chi connectivity index (χ1) is 9.42. The molecule has 0 radical (unpaired) electrons. The molecule has 0 saturated heterocycles. The summed E-state index contributed by atoms with van der Waals surface area (Å²) in [6, 6.07) is 7.14. The van der Waals surface area contributed by atoms with Gasteiger partial charge in [-0.25, -0.2) is 8.42 Å². The minimum Gasteiger partial charge on any atom is -0.380 e. The number of nitrogens with one attached hydrogen (secondary N) is 1. The zero-order valence-corrected chi connectivity index (χ0v) is 13.5. The van der Waals surface area contributed by atoms with E-state index in [0.717, 1.165) is 0 Å². The van der Waals surface area contributed by atoms with Crippen LogP contribution in [0.3, 0.4) is 0 Å². The molecule has 4 nitrogen and oxygen atoms in total. The molecule has 5 heteroatoms. The van der Waals surface area contributed by atoms with Crippen molar-refractivity contribution in [1.82, 2.24) is 0 Å².